The lowest BCUT2D eigenvalue weighted by molar-refractivity contribution is -0.144. The number of ether oxygens (including phenoxy) is 2. The predicted molar refractivity (Wildman–Crippen MR) is 59.0 cm³/mol. The van der Waals surface area contributed by atoms with E-state index in [0.717, 1.165) is 0 Å². The number of alkyl halides is 1. The van der Waals surface area contributed by atoms with Crippen LogP contribution in [0.15, 0.2) is 0 Å². The molecule has 0 radical (unpaired) electrons. The second kappa shape index (κ2) is 9.23. The summed E-state index contributed by atoms with van der Waals surface area (Å²) in [5.74, 6) is -0.425. The van der Waals surface area contributed by atoms with Crippen LogP contribution < -0.4 is 11.1 Å². The lowest BCUT2D eigenvalue weighted by Crippen LogP contribution is -2.33. The molecule has 1 amide bonds. The molecule has 3 N–H and O–H groups in total. The number of alkyl carbamates (subject to hydrolysis) is 1. The average Bonchev–Trinajstić information content (AvgIpc) is 2.24. The van der Waals surface area contributed by atoms with Crippen LogP contribution in [0.3, 0.4) is 0 Å². The molecule has 7 heteroatoms. The fourth-order valence-corrected chi connectivity index (χ4v) is 1.08. The molecule has 0 unspecified atom stereocenters. The Morgan fingerprint density at radius 2 is 2.12 bits per heavy atom. The Bertz CT molecular complexity index is 226. The number of rotatable bonds is 7. The minimum atomic E-state index is -0.647. The fourth-order valence-electron chi connectivity index (χ4n) is 0.980. The molecule has 0 fully saturated rings. The van der Waals surface area contributed by atoms with Crippen molar-refractivity contribution in [1.29, 1.82) is 0 Å². The van der Waals surface area contributed by atoms with E-state index in [-0.39, 0.29) is 6.07 Å². The first-order valence-electron chi connectivity index (χ1n) is 5.00. The summed E-state index contributed by atoms with van der Waals surface area (Å²) in [6.45, 7) is 2.41. The highest BCUT2D eigenvalue weighted by atomic mass is 35.5. The average molecular weight is 253 g/mol. The van der Waals surface area contributed by atoms with Gasteiger partial charge in [-0.1, -0.05) is 11.6 Å². The van der Waals surface area contributed by atoms with Gasteiger partial charge in [-0.3, -0.25) is 4.79 Å². The van der Waals surface area contributed by atoms with Crippen molar-refractivity contribution in [1.82, 2.24) is 5.32 Å². The molecule has 0 aliphatic carbocycles. The Kier molecular flexibility index (Phi) is 8.65. The Balaban J connectivity index is 3.51. The number of nitrogens with one attached hydrogen (secondary N) is 1. The summed E-state index contributed by atoms with van der Waals surface area (Å²) in [5.41, 5.74) is 5.54. The van der Waals surface area contributed by atoms with E-state index in [4.69, 9.17) is 22.1 Å². The lowest BCUT2D eigenvalue weighted by atomic mass is 10.2. The van der Waals surface area contributed by atoms with Crippen LogP contribution in [0.4, 0.5) is 4.79 Å². The normalized spacial score (nSPS) is 11.7. The zero-order valence-corrected chi connectivity index (χ0v) is 9.96. The molecule has 16 heavy (non-hydrogen) atoms. The Hall–Kier alpha value is -1.01. The molecule has 0 spiro atoms. The summed E-state index contributed by atoms with van der Waals surface area (Å²) >= 11 is 5.17. The summed E-state index contributed by atoms with van der Waals surface area (Å²) in [4.78, 5) is 21.9. The first-order valence-corrected chi connectivity index (χ1v) is 5.54. The molecule has 0 aromatic carbocycles. The number of hydrogen-bond donors (Lipinski definition) is 2. The Morgan fingerprint density at radius 3 is 2.69 bits per heavy atom. The highest BCUT2D eigenvalue weighted by Crippen LogP contribution is 1.96. The summed E-state index contributed by atoms with van der Waals surface area (Å²) in [6.07, 6.45) is 0.428. The number of halogens is 1. The van der Waals surface area contributed by atoms with Crippen molar-refractivity contribution < 1.29 is 19.1 Å². The summed E-state index contributed by atoms with van der Waals surface area (Å²) in [7, 11) is 0. The van der Waals surface area contributed by atoms with Gasteiger partial charge >= 0.3 is 12.1 Å². The zero-order valence-electron chi connectivity index (χ0n) is 9.20. The van der Waals surface area contributed by atoms with E-state index in [9.17, 15) is 9.59 Å². The van der Waals surface area contributed by atoms with Gasteiger partial charge in [-0.05, 0) is 19.8 Å². The van der Waals surface area contributed by atoms with Crippen molar-refractivity contribution in [3.8, 4) is 0 Å². The molecule has 0 bridgehead atoms. The van der Waals surface area contributed by atoms with Gasteiger partial charge in [0.15, 0.2) is 6.07 Å². The molecule has 6 nitrogen and oxygen atoms in total. The number of amides is 1. The van der Waals surface area contributed by atoms with E-state index in [0.29, 0.717) is 26.0 Å². The van der Waals surface area contributed by atoms with Crippen LogP contribution in [0.25, 0.3) is 0 Å². The molecular formula is C9H17ClN2O4. The van der Waals surface area contributed by atoms with Gasteiger partial charge < -0.3 is 20.5 Å². The van der Waals surface area contributed by atoms with Gasteiger partial charge in [-0.15, -0.1) is 0 Å². The van der Waals surface area contributed by atoms with Crippen LogP contribution in [0, 0.1) is 0 Å². The van der Waals surface area contributed by atoms with Crippen LogP contribution in [-0.2, 0) is 14.3 Å². The summed E-state index contributed by atoms with van der Waals surface area (Å²) < 4.78 is 9.15. The zero-order chi connectivity index (χ0) is 12.4. The van der Waals surface area contributed by atoms with E-state index in [2.05, 4.69) is 10.1 Å². The molecular weight excluding hydrogens is 236 g/mol. The van der Waals surface area contributed by atoms with Gasteiger partial charge in [-0.25, -0.2) is 4.79 Å². The second-order valence-electron chi connectivity index (χ2n) is 2.97. The van der Waals surface area contributed by atoms with E-state index < -0.39 is 18.1 Å². The highest BCUT2D eigenvalue weighted by Gasteiger charge is 2.13. The number of carbonyl (C=O) groups is 2. The SMILES string of the molecule is CCOC(=O)[C@@H](N)CCCNC(=O)OCCl. The molecule has 0 aromatic heterocycles. The van der Waals surface area contributed by atoms with Gasteiger partial charge in [0.1, 0.15) is 6.04 Å². The third-order valence-electron chi connectivity index (χ3n) is 1.74. The van der Waals surface area contributed by atoms with Gasteiger partial charge in [0, 0.05) is 6.54 Å². The third-order valence-corrected chi connectivity index (χ3v) is 1.85. The van der Waals surface area contributed by atoms with Crippen LogP contribution >= 0.6 is 11.6 Å². The Morgan fingerprint density at radius 1 is 1.44 bits per heavy atom. The molecule has 0 rings (SSSR count). The maximum Gasteiger partial charge on any atom is 0.408 e. The lowest BCUT2D eigenvalue weighted by Gasteiger charge is -2.10. The van der Waals surface area contributed by atoms with Crippen molar-refractivity contribution in [3.05, 3.63) is 0 Å². The van der Waals surface area contributed by atoms with Crippen molar-refractivity contribution in [2.24, 2.45) is 5.73 Å². The quantitative estimate of drug-likeness (QED) is 0.393. The van der Waals surface area contributed by atoms with Gasteiger partial charge in [0.25, 0.3) is 0 Å². The number of hydrogen-bond acceptors (Lipinski definition) is 5. The first kappa shape index (κ1) is 15.0. The van der Waals surface area contributed by atoms with E-state index in [1.807, 2.05) is 0 Å². The monoisotopic (exact) mass is 252 g/mol. The standard InChI is InChI=1S/C9H17ClN2O4/c1-2-15-8(13)7(11)4-3-5-12-9(14)16-6-10/h7H,2-6,11H2,1H3,(H,12,14)/t7-/m0/s1. The predicted octanol–water partition coefficient (Wildman–Crippen LogP) is 0.579. The molecule has 94 valence electrons. The van der Waals surface area contributed by atoms with Crippen molar-refractivity contribution >= 4 is 23.7 Å². The molecule has 0 aliphatic heterocycles. The maximum absolute atomic E-state index is 11.1. The van der Waals surface area contributed by atoms with E-state index in [1.165, 1.54) is 0 Å². The van der Waals surface area contributed by atoms with Gasteiger partial charge in [0.05, 0.1) is 6.61 Å². The maximum atomic E-state index is 11.1. The largest absolute Gasteiger partial charge is 0.465 e. The topological polar surface area (TPSA) is 90.6 Å². The van der Waals surface area contributed by atoms with Crippen molar-refractivity contribution in [3.63, 3.8) is 0 Å². The van der Waals surface area contributed by atoms with Gasteiger partial charge in [0.2, 0.25) is 0 Å². The van der Waals surface area contributed by atoms with Crippen molar-refractivity contribution in [2.75, 3.05) is 19.2 Å². The molecule has 0 aromatic rings. The summed E-state index contributed by atoms with van der Waals surface area (Å²) in [6, 6.07) is -0.834. The molecule has 0 heterocycles. The molecule has 1 atom stereocenters. The van der Waals surface area contributed by atoms with Crippen molar-refractivity contribution in [2.45, 2.75) is 25.8 Å². The molecule has 0 saturated carbocycles. The van der Waals surface area contributed by atoms with Crippen LogP contribution in [-0.4, -0.2) is 37.3 Å². The van der Waals surface area contributed by atoms with E-state index >= 15 is 0 Å². The highest BCUT2D eigenvalue weighted by molar-refractivity contribution is 6.17. The smallest absolute Gasteiger partial charge is 0.408 e. The second-order valence-corrected chi connectivity index (χ2v) is 3.19. The van der Waals surface area contributed by atoms with Crippen LogP contribution in [0.5, 0.6) is 0 Å². The third kappa shape index (κ3) is 7.30. The minimum absolute atomic E-state index is 0.186. The fraction of sp³-hybridized carbons (Fsp3) is 0.778. The van der Waals surface area contributed by atoms with Crippen LogP contribution in [0.2, 0.25) is 0 Å². The van der Waals surface area contributed by atoms with E-state index in [1.54, 1.807) is 6.92 Å². The minimum Gasteiger partial charge on any atom is -0.465 e. The number of esters is 1. The van der Waals surface area contributed by atoms with Gasteiger partial charge in [-0.2, -0.15) is 0 Å². The number of nitrogens with two attached hydrogens (primary N) is 1. The first-order chi connectivity index (χ1) is 7.61. The van der Waals surface area contributed by atoms with Crippen LogP contribution in [0.1, 0.15) is 19.8 Å². The molecule has 0 saturated heterocycles. The Labute approximate surface area is 99.4 Å². The number of carbonyl (C=O) groups excluding carboxylic acids is 2. The molecule has 0 aliphatic rings. The summed E-state index contributed by atoms with van der Waals surface area (Å²) in [5, 5.41) is 2.46.